The molecule has 3 rings (SSSR count). The number of hydrogen-bond donors (Lipinski definition) is 1. The Hall–Kier alpha value is -3.21. The zero-order chi connectivity index (χ0) is 22.6. The molecule has 0 fully saturated rings. The van der Waals surface area contributed by atoms with Crippen molar-refractivity contribution in [3.05, 3.63) is 59.1 Å². The van der Waals surface area contributed by atoms with Gasteiger partial charge in [0, 0.05) is 36.5 Å². The summed E-state index contributed by atoms with van der Waals surface area (Å²) in [7, 11) is 0. The second-order valence-corrected chi connectivity index (χ2v) is 7.03. The summed E-state index contributed by atoms with van der Waals surface area (Å²) in [5.41, 5.74) is -0.135. The molecular formula is C19H19ClF3N7O. The molecule has 2 aromatic heterocycles. The molecule has 1 N–H and O–H groups in total. The van der Waals surface area contributed by atoms with E-state index in [-0.39, 0.29) is 24.4 Å². The maximum absolute atomic E-state index is 13.3. The minimum absolute atomic E-state index is 0.0348. The van der Waals surface area contributed by atoms with Crippen LogP contribution in [-0.4, -0.2) is 54.9 Å². The van der Waals surface area contributed by atoms with Gasteiger partial charge in [-0.15, -0.1) is 0 Å². The van der Waals surface area contributed by atoms with Crippen LogP contribution in [0, 0.1) is 0 Å². The Bertz CT molecular complexity index is 1030. The minimum Gasteiger partial charge on any atom is -0.352 e. The highest BCUT2D eigenvalue weighted by atomic mass is 35.5. The number of carbonyl (C=O) groups excluding carboxylic acids is 1. The van der Waals surface area contributed by atoms with Gasteiger partial charge in [0.15, 0.2) is 0 Å². The number of rotatable bonds is 7. The topological polar surface area (TPSA) is 88.8 Å². The van der Waals surface area contributed by atoms with E-state index in [4.69, 9.17) is 11.6 Å². The Morgan fingerprint density at radius 3 is 2.45 bits per heavy atom. The standard InChI is InChI=1S/C19H19ClF3N7O/c1-3-29(12(2)9-24-18-25-10-13(11-26-18)19(21,22)23)17(31)15-8-14(20)4-5-16(15)30-27-6-7-28-30/h4-8,10-12H,3,9H2,1-2H3,(H,24,25,26)/t12-/m0/s1. The van der Waals surface area contributed by atoms with Crippen LogP contribution in [0.25, 0.3) is 5.69 Å². The summed E-state index contributed by atoms with van der Waals surface area (Å²) < 4.78 is 37.9. The molecule has 8 nitrogen and oxygen atoms in total. The number of likely N-dealkylation sites (N-methyl/N-ethyl adjacent to an activating group) is 1. The zero-order valence-electron chi connectivity index (χ0n) is 16.6. The lowest BCUT2D eigenvalue weighted by atomic mass is 10.1. The number of amides is 1. The maximum Gasteiger partial charge on any atom is 0.419 e. The lowest BCUT2D eigenvalue weighted by Crippen LogP contribution is -2.42. The highest BCUT2D eigenvalue weighted by Gasteiger charge is 2.31. The van der Waals surface area contributed by atoms with Crippen LogP contribution in [0.2, 0.25) is 5.02 Å². The number of halogens is 4. The van der Waals surface area contributed by atoms with E-state index in [0.29, 0.717) is 35.2 Å². The van der Waals surface area contributed by atoms with E-state index in [1.54, 1.807) is 30.0 Å². The number of anilines is 1. The van der Waals surface area contributed by atoms with Gasteiger partial charge in [-0.25, -0.2) is 9.97 Å². The third-order valence-corrected chi connectivity index (χ3v) is 4.73. The van der Waals surface area contributed by atoms with Crippen molar-refractivity contribution in [1.82, 2.24) is 29.9 Å². The van der Waals surface area contributed by atoms with Crippen molar-refractivity contribution >= 4 is 23.5 Å². The second-order valence-electron chi connectivity index (χ2n) is 6.59. The Labute approximate surface area is 181 Å². The van der Waals surface area contributed by atoms with Gasteiger partial charge in [0.25, 0.3) is 5.91 Å². The number of carbonyl (C=O) groups is 1. The van der Waals surface area contributed by atoms with Crippen molar-refractivity contribution in [1.29, 1.82) is 0 Å². The summed E-state index contributed by atoms with van der Waals surface area (Å²) in [6.07, 6.45) is -0.0976. The molecule has 0 saturated carbocycles. The largest absolute Gasteiger partial charge is 0.419 e. The molecule has 1 atom stereocenters. The van der Waals surface area contributed by atoms with Gasteiger partial charge < -0.3 is 10.2 Å². The first-order valence-electron chi connectivity index (χ1n) is 9.31. The first kappa shape index (κ1) is 22.5. The van der Waals surface area contributed by atoms with Crippen LogP contribution < -0.4 is 5.32 Å². The molecule has 1 aromatic carbocycles. The van der Waals surface area contributed by atoms with Gasteiger partial charge in [0.1, 0.15) is 0 Å². The first-order chi connectivity index (χ1) is 14.7. The van der Waals surface area contributed by atoms with Crippen LogP contribution in [0.4, 0.5) is 19.1 Å². The molecule has 0 aliphatic rings. The van der Waals surface area contributed by atoms with Crippen LogP contribution in [0.1, 0.15) is 29.8 Å². The molecule has 0 saturated heterocycles. The van der Waals surface area contributed by atoms with E-state index < -0.39 is 11.7 Å². The van der Waals surface area contributed by atoms with Gasteiger partial charge in [-0.05, 0) is 32.0 Å². The molecule has 1 amide bonds. The average molecular weight is 454 g/mol. The van der Waals surface area contributed by atoms with Gasteiger partial charge in [0.2, 0.25) is 5.95 Å². The molecule has 0 aliphatic carbocycles. The molecular weight excluding hydrogens is 435 g/mol. The quantitative estimate of drug-likeness (QED) is 0.587. The number of benzene rings is 1. The zero-order valence-corrected chi connectivity index (χ0v) is 17.4. The normalized spacial score (nSPS) is 12.5. The van der Waals surface area contributed by atoms with Crippen LogP contribution in [0.5, 0.6) is 0 Å². The molecule has 12 heteroatoms. The molecule has 164 valence electrons. The van der Waals surface area contributed by atoms with Crippen LogP contribution in [0.15, 0.2) is 43.0 Å². The number of alkyl halides is 3. The Balaban J connectivity index is 1.74. The van der Waals surface area contributed by atoms with E-state index in [0.717, 1.165) is 0 Å². The molecule has 2 heterocycles. The van der Waals surface area contributed by atoms with Gasteiger partial charge >= 0.3 is 6.18 Å². The summed E-state index contributed by atoms with van der Waals surface area (Å²) in [4.78, 5) is 23.6. The van der Waals surface area contributed by atoms with Crippen LogP contribution >= 0.6 is 11.6 Å². The van der Waals surface area contributed by atoms with Crippen LogP contribution in [-0.2, 0) is 6.18 Å². The SMILES string of the molecule is CCN(C(=O)c1cc(Cl)ccc1-n1nccn1)[C@@H](C)CNc1ncc(C(F)(F)F)cn1. The fourth-order valence-corrected chi connectivity index (χ4v) is 3.09. The van der Waals surface area contributed by atoms with Crippen molar-refractivity contribution in [2.75, 3.05) is 18.4 Å². The Kier molecular flexibility index (Phi) is 6.74. The number of hydrogen-bond acceptors (Lipinski definition) is 6. The van der Waals surface area contributed by atoms with E-state index in [1.807, 2.05) is 6.92 Å². The molecule has 0 unspecified atom stereocenters. The summed E-state index contributed by atoms with van der Waals surface area (Å²) >= 11 is 6.11. The van der Waals surface area contributed by atoms with E-state index >= 15 is 0 Å². The summed E-state index contributed by atoms with van der Waals surface area (Å²) in [5, 5.41) is 11.4. The van der Waals surface area contributed by atoms with Gasteiger partial charge in [0.05, 0.1) is 29.2 Å². The highest BCUT2D eigenvalue weighted by molar-refractivity contribution is 6.31. The monoisotopic (exact) mass is 453 g/mol. The van der Waals surface area contributed by atoms with Gasteiger partial charge in [-0.3, -0.25) is 4.79 Å². The van der Waals surface area contributed by atoms with Crippen molar-refractivity contribution in [3.8, 4) is 5.69 Å². The summed E-state index contributed by atoms with van der Waals surface area (Å²) in [6, 6.07) is 4.51. The minimum atomic E-state index is -4.50. The highest BCUT2D eigenvalue weighted by Crippen LogP contribution is 2.28. The average Bonchev–Trinajstić information content (AvgIpc) is 3.27. The van der Waals surface area contributed by atoms with Gasteiger partial charge in [-0.1, -0.05) is 11.6 Å². The lowest BCUT2D eigenvalue weighted by molar-refractivity contribution is -0.138. The number of aromatic nitrogens is 5. The van der Waals surface area contributed by atoms with E-state index in [9.17, 15) is 18.0 Å². The predicted octanol–water partition coefficient (Wildman–Crippen LogP) is 3.69. The molecule has 31 heavy (non-hydrogen) atoms. The smallest absolute Gasteiger partial charge is 0.352 e. The van der Waals surface area contributed by atoms with Crippen molar-refractivity contribution < 1.29 is 18.0 Å². The molecule has 0 spiro atoms. The van der Waals surface area contributed by atoms with Crippen molar-refractivity contribution in [3.63, 3.8) is 0 Å². The maximum atomic E-state index is 13.3. The van der Waals surface area contributed by atoms with Gasteiger partial charge in [-0.2, -0.15) is 28.2 Å². The second kappa shape index (κ2) is 9.29. The fraction of sp³-hybridized carbons (Fsp3) is 0.316. The lowest BCUT2D eigenvalue weighted by Gasteiger charge is -2.29. The Morgan fingerprint density at radius 1 is 1.23 bits per heavy atom. The third kappa shape index (κ3) is 5.29. The molecule has 0 radical (unpaired) electrons. The fourth-order valence-electron chi connectivity index (χ4n) is 2.92. The van der Waals surface area contributed by atoms with Crippen LogP contribution in [0.3, 0.4) is 0 Å². The molecule has 0 aliphatic heterocycles. The predicted molar refractivity (Wildman–Crippen MR) is 108 cm³/mol. The van der Waals surface area contributed by atoms with E-state index in [2.05, 4.69) is 25.5 Å². The number of nitrogens with zero attached hydrogens (tertiary/aromatic N) is 6. The number of nitrogens with one attached hydrogen (secondary N) is 1. The van der Waals surface area contributed by atoms with Crippen molar-refractivity contribution in [2.24, 2.45) is 0 Å². The Morgan fingerprint density at radius 2 is 1.87 bits per heavy atom. The third-order valence-electron chi connectivity index (χ3n) is 4.49. The summed E-state index contributed by atoms with van der Waals surface area (Å²) in [5.74, 6) is -0.257. The molecule has 3 aromatic rings. The van der Waals surface area contributed by atoms with Crippen molar-refractivity contribution in [2.45, 2.75) is 26.1 Å². The summed E-state index contributed by atoms with van der Waals surface area (Å²) in [6.45, 7) is 4.23. The molecule has 0 bridgehead atoms. The van der Waals surface area contributed by atoms with E-state index in [1.165, 1.54) is 17.2 Å². The first-order valence-corrected chi connectivity index (χ1v) is 9.68.